The first kappa shape index (κ1) is 23.5. The van der Waals surface area contributed by atoms with Gasteiger partial charge in [0, 0.05) is 39.7 Å². The Kier molecular flexibility index (Phi) is 4.95. The molecule has 13 nitrogen and oxygen atoms in total. The second kappa shape index (κ2) is 7.60. The van der Waals surface area contributed by atoms with Crippen molar-refractivity contribution < 1.29 is 33.7 Å². The zero-order valence-electron chi connectivity index (χ0n) is 20.3. The normalized spacial score (nSPS) is 20.2. The average molecular weight is 500 g/mol. The topological polar surface area (TPSA) is 150 Å². The summed E-state index contributed by atoms with van der Waals surface area (Å²) in [4.78, 5) is 68.0. The Labute approximate surface area is 204 Å². The van der Waals surface area contributed by atoms with Gasteiger partial charge in [-0.05, 0) is 24.5 Å². The van der Waals surface area contributed by atoms with Crippen molar-refractivity contribution in [2.24, 2.45) is 19.5 Å². The van der Waals surface area contributed by atoms with Gasteiger partial charge >= 0.3 is 11.7 Å². The fraction of sp³-hybridized carbons (Fsp3) is 0.435. The van der Waals surface area contributed by atoms with Crippen LogP contribution in [0.3, 0.4) is 0 Å². The fourth-order valence-electron chi connectivity index (χ4n) is 5.58. The van der Waals surface area contributed by atoms with Crippen molar-refractivity contribution in [3.8, 4) is 23.1 Å². The van der Waals surface area contributed by atoms with Crippen LogP contribution >= 0.6 is 0 Å². The molecule has 1 aliphatic carbocycles. The van der Waals surface area contributed by atoms with Crippen LogP contribution in [-0.4, -0.2) is 69.9 Å². The minimum atomic E-state index is -1.99. The van der Waals surface area contributed by atoms with Gasteiger partial charge in [0.05, 0.1) is 12.7 Å². The maximum atomic E-state index is 13.9. The molecule has 0 unspecified atom stereocenters. The molecule has 1 atom stereocenters. The first-order valence-electron chi connectivity index (χ1n) is 11.1. The van der Waals surface area contributed by atoms with Crippen LogP contribution in [0.5, 0.6) is 23.1 Å². The molecule has 2 aromatic rings. The van der Waals surface area contributed by atoms with Crippen molar-refractivity contribution in [3.63, 3.8) is 0 Å². The number of hydrogen-bond acceptors (Lipinski definition) is 9. The van der Waals surface area contributed by atoms with Gasteiger partial charge in [0.25, 0.3) is 5.56 Å². The first-order chi connectivity index (χ1) is 17.0. The Morgan fingerprint density at radius 3 is 2.22 bits per heavy atom. The summed E-state index contributed by atoms with van der Waals surface area (Å²) >= 11 is 0. The minimum absolute atomic E-state index is 0.0848. The first-order valence-corrected chi connectivity index (χ1v) is 11.1. The summed E-state index contributed by atoms with van der Waals surface area (Å²) < 4.78 is 18.4. The van der Waals surface area contributed by atoms with Gasteiger partial charge in [0.15, 0.2) is 11.5 Å². The number of benzene rings is 1. The molecule has 3 heterocycles. The molecule has 2 aliphatic heterocycles. The largest absolute Gasteiger partial charge is 0.494 e. The highest BCUT2D eigenvalue weighted by Gasteiger charge is 2.64. The SMILES string of the molecule is COc1c2c(cc3c1[C@@H](c1c(O)n(C)c(=O)n(C)c1=O)C1(CC3)C(=O)N(C)C(=O)N(C)C1=O)OCO2. The highest BCUT2D eigenvalue weighted by molar-refractivity contribution is 6.20. The average Bonchev–Trinajstić information content (AvgIpc) is 3.35. The lowest BCUT2D eigenvalue weighted by atomic mass is 9.59. The lowest BCUT2D eigenvalue weighted by Crippen LogP contribution is -2.66. The molecule has 36 heavy (non-hydrogen) atoms. The number of aromatic hydroxyl groups is 1. The molecule has 0 bridgehead atoms. The molecular formula is C23H24N4O9. The molecule has 1 aromatic heterocycles. The molecule has 1 N–H and O–H groups in total. The second-order valence-corrected chi connectivity index (χ2v) is 9.07. The van der Waals surface area contributed by atoms with E-state index in [0.717, 1.165) is 18.9 Å². The third-order valence-electron chi connectivity index (χ3n) is 7.42. The molecule has 0 radical (unpaired) electrons. The Balaban J connectivity index is 1.96. The van der Waals surface area contributed by atoms with Crippen molar-refractivity contribution >= 4 is 17.8 Å². The van der Waals surface area contributed by atoms with Crippen LogP contribution in [0, 0.1) is 5.41 Å². The van der Waals surface area contributed by atoms with Gasteiger partial charge in [-0.1, -0.05) is 0 Å². The van der Waals surface area contributed by atoms with E-state index in [0.29, 0.717) is 11.3 Å². The third-order valence-corrected chi connectivity index (χ3v) is 7.42. The summed E-state index contributed by atoms with van der Waals surface area (Å²) in [7, 11) is 6.35. The molecular weight excluding hydrogens is 476 g/mol. The van der Waals surface area contributed by atoms with Gasteiger partial charge in [0.1, 0.15) is 5.41 Å². The van der Waals surface area contributed by atoms with Gasteiger partial charge in [0.2, 0.25) is 30.2 Å². The number of nitrogens with zero attached hydrogens (tertiary/aromatic N) is 4. The summed E-state index contributed by atoms with van der Waals surface area (Å²) in [6, 6.07) is 0.857. The summed E-state index contributed by atoms with van der Waals surface area (Å²) in [5.74, 6) is -3.06. The Hall–Kier alpha value is -4.29. The van der Waals surface area contributed by atoms with Crippen molar-refractivity contribution in [3.05, 3.63) is 43.6 Å². The molecule has 4 amide bonds. The summed E-state index contributed by atoms with van der Waals surface area (Å²) in [5.41, 5.74) is -3.17. The Morgan fingerprint density at radius 1 is 0.972 bits per heavy atom. The van der Waals surface area contributed by atoms with Crippen LogP contribution in [0.15, 0.2) is 15.7 Å². The van der Waals surface area contributed by atoms with Gasteiger partial charge in [-0.15, -0.1) is 0 Å². The van der Waals surface area contributed by atoms with E-state index < -0.39 is 46.3 Å². The number of carbonyl (C=O) groups is 3. The second-order valence-electron chi connectivity index (χ2n) is 9.07. The monoisotopic (exact) mass is 500 g/mol. The Bertz CT molecular complexity index is 1460. The van der Waals surface area contributed by atoms with Crippen molar-refractivity contribution in [1.29, 1.82) is 0 Å². The number of fused-ring (bicyclic) bond motifs is 2. The van der Waals surface area contributed by atoms with Crippen LogP contribution in [0.1, 0.15) is 29.0 Å². The highest BCUT2D eigenvalue weighted by Crippen LogP contribution is 2.59. The van der Waals surface area contributed by atoms with E-state index in [4.69, 9.17) is 14.2 Å². The predicted octanol–water partition coefficient (Wildman–Crippen LogP) is -0.358. The fourth-order valence-corrected chi connectivity index (χ4v) is 5.58. The highest BCUT2D eigenvalue weighted by atomic mass is 16.7. The van der Waals surface area contributed by atoms with E-state index >= 15 is 0 Å². The molecule has 1 aromatic carbocycles. The number of amides is 4. The molecule has 190 valence electrons. The van der Waals surface area contributed by atoms with Crippen LogP contribution in [0.4, 0.5) is 4.79 Å². The number of barbiturate groups is 1. The minimum Gasteiger partial charge on any atom is -0.494 e. The van der Waals surface area contributed by atoms with E-state index in [1.165, 1.54) is 35.3 Å². The summed E-state index contributed by atoms with van der Waals surface area (Å²) in [5, 5.41) is 11.1. The van der Waals surface area contributed by atoms with Gasteiger partial charge in [-0.2, -0.15) is 0 Å². The smallest absolute Gasteiger partial charge is 0.333 e. The number of aromatic nitrogens is 2. The zero-order chi connectivity index (χ0) is 26.3. The number of imide groups is 2. The third kappa shape index (κ3) is 2.67. The Morgan fingerprint density at radius 2 is 1.61 bits per heavy atom. The van der Waals surface area contributed by atoms with Crippen molar-refractivity contribution in [2.45, 2.75) is 18.8 Å². The van der Waals surface area contributed by atoms with Gasteiger partial charge in [-0.3, -0.25) is 33.3 Å². The van der Waals surface area contributed by atoms with E-state index in [9.17, 15) is 29.1 Å². The van der Waals surface area contributed by atoms with Crippen LogP contribution in [-0.2, 0) is 30.1 Å². The van der Waals surface area contributed by atoms with Crippen LogP contribution < -0.4 is 25.5 Å². The maximum absolute atomic E-state index is 13.9. The van der Waals surface area contributed by atoms with E-state index in [2.05, 4.69) is 0 Å². The number of urea groups is 1. The van der Waals surface area contributed by atoms with Crippen molar-refractivity contribution in [1.82, 2.24) is 18.9 Å². The molecule has 0 saturated carbocycles. The number of methoxy groups -OCH3 is 1. The van der Waals surface area contributed by atoms with Crippen LogP contribution in [0.2, 0.25) is 0 Å². The summed E-state index contributed by atoms with van der Waals surface area (Å²) in [6.45, 7) is -0.0882. The van der Waals surface area contributed by atoms with E-state index in [-0.39, 0.29) is 42.3 Å². The number of carbonyl (C=O) groups excluding carboxylic acids is 3. The predicted molar refractivity (Wildman–Crippen MR) is 121 cm³/mol. The molecule has 1 saturated heterocycles. The lowest BCUT2D eigenvalue weighted by Gasteiger charge is -2.48. The number of aryl methyl sites for hydroxylation is 1. The molecule has 5 rings (SSSR count). The van der Waals surface area contributed by atoms with E-state index in [1.807, 2.05) is 0 Å². The summed E-state index contributed by atoms with van der Waals surface area (Å²) in [6.07, 6.45) is 0.109. The van der Waals surface area contributed by atoms with Gasteiger partial charge in [-0.25, -0.2) is 9.59 Å². The van der Waals surface area contributed by atoms with Crippen LogP contribution in [0.25, 0.3) is 0 Å². The number of rotatable bonds is 2. The standard InChI is InChI=1S/C23H24N4O9/c1-24-17(28)13(18(29)25(2)21(24)32)14-12-10(8-11-15(16(12)34-5)36-9-35-11)6-7-23(14)19(30)26(3)22(33)27(4)20(23)31/h8,14,28H,6-7,9H2,1-5H3/t14-/m0/s1. The molecule has 3 aliphatic rings. The molecule has 1 spiro atoms. The number of hydrogen-bond donors (Lipinski definition) is 1. The van der Waals surface area contributed by atoms with Crippen molar-refractivity contribution in [2.75, 3.05) is 28.0 Å². The molecule has 13 heteroatoms. The number of ether oxygens (including phenoxy) is 3. The lowest BCUT2D eigenvalue weighted by molar-refractivity contribution is -0.159. The van der Waals surface area contributed by atoms with E-state index in [1.54, 1.807) is 6.07 Å². The maximum Gasteiger partial charge on any atom is 0.333 e. The quantitative estimate of drug-likeness (QED) is 0.546. The molecule has 1 fully saturated rings. The zero-order valence-corrected chi connectivity index (χ0v) is 20.3. The van der Waals surface area contributed by atoms with Gasteiger partial charge < -0.3 is 19.3 Å².